The van der Waals surface area contributed by atoms with E-state index in [0.717, 1.165) is 11.3 Å². The summed E-state index contributed by atoms with van der Waals surface area (Å²) in [6.07, 6.45) is 1.10. The number of sulfonamides is 1. The molecule has 0 bridgehead atoms. The number of aryl methyl sites for hydroxylation is 1. The van der Waals surface area contributed by atoms with E-state index >= 15 is 0 Å². The van der Waals surface area contributed by atoms with E-state index in [9.17, 15) is 13.2 Å². The highest BCUT2D eigenvalue weighted by atomic mass is 32.2. The molecule has 118 valence electrons. The van der Waals surface area contributed by atoms with Crippen molar-refractivity contribution in [3.05, 3.63) is 11.3 Å². The molecule has 1 amide bonds. The highest BCUT2D eigenvalue weighted by Crippen LogP contribution is 2.22. The number of anilines is 1. The molecule has 0 aromatic carbocycles. The number of nitrogens with one attached hydrogen (secondary N) is 2. The van der Waals surface area contributed by atoms with Crippen LogP contribution in [0.25, 0.3) is 0 Å². The second-order valence-corrected chi connectivity index (χ2v) is 7.64. The fourth-order valence-electron chi connectivity index (χ4n) is 2.40. The van der Waals surface area contributed by atoms with Gasteiger partial charge in [-0.1, -0.05) is 0 Å². The molecule has 1 aliphatic rings. The summed E-state index contributed by atoms with van der Waals surface area (Å²) in [5, 5.41) is 9.70. The fraction of sp³-hybridized carbons (Fsp3) is 0.692. The Kier molecular flexibility index (Phi) is 4.67. The summed E-state index contributed by atoms with van der Waals surface area (Å²) in [6.45, 7) is 6.24. The van der Waals surface area contributed by atoms with Gasteiger partial charge in [-0.05, 0) is 33.6 Å². The molecular formula is C13H22N4O3S. The summed E-state index contributed by atoms with van der Waals surface area (Å²) < 4.78 is 25.0. The van der Waals surface area contributed by atoms with Gasteiger partial charge < -0.3 is 5.32 Å². The van der Waals surface area contributed by atoms with E-state index in [1.807, 2.05) is 13.8 Å². The minimum absolute atomic E-state index is 0.0850. The molecule has 2 rings (SSSR count). The number of nitrogens with zero attached hydrogens (tertiary/aromatic N) is 2. The van der Waals surface area contributed by atoms with Gasteiger partial charge in [0.1, 0.15) is 0 Å². The van der Waals surface area contributed by atoms with Crippen LogP contribution in [0.3, 0.4) is 0 Å². The molecule has 1 aromatic heterocycles. The molecule has 1 aromatic rings. The molecule has 0 unspecified atom stereocenters. The van der Waals surface area contributed by atoms with Gasteiger partial charge in [0.15, 0.2) is 5.82 Å². The Balaban J connectivity index is 1.93. The van der Waals surface area contributed by atoms with Gasteiger partial charge in [-0.3, -0.25) is 9.89 Å². The molecule has 1 aliphatic heterocycles. The van der Waals surface area contributed by atoms with E-state index in [-0.39, 0.29) is 17.6 Å². The number of carbonyl (C=O) groups is 1. The molecule has 0 spiro atoms. The summed E-state index contributed by atoms with van der Waals surface area (Å²) in [4.78, 5) is 12.2. The monoisotopic (exact) mass is 314 g/mol. The van der Waals surface area contributed by atoms with E-state index in [1.165, 1.54) is 4.31 Å². The standard InChI is InChI=1S/C13H22N4O3S/c1-4-21(19,20)17-7-5-11(6-8-17)13(18)14-12-9(2)10(3)15-16-12/h11H,4-8H2,1-3H3,(H2,14,15,16,18). The fourth-order valence-corrected chi connectivity index (χ4v) is 3.54. The maximum Gasteiger partial charge on any atom is 0.228 e. The molecular weight excluding hydrogens is 292 g/mol. The van der Waals surface area contributed by atoms with Crippen molar-refractivity contribution >= 4 is 21.7 Å². The van der Waals surface area contributed by atoms with Crippen molar-refractivity contribution in [2.24, 2.45) is 5.92 Å². The topological polar surface area (TPSA) is 95.2 Å². The van der Waals surface area contributed by atoms with Crippen LogP contribution in [-0.4, -0.2) is 47.7 Å². The number of hydrogen-bond donors (Lipinski definition) is 2. The lowest BCUT2D eigenvalue weighted by Gasteiger charge is -2.30. The number of piperidine rings is 1. The zero-order chi connectivity index (χ0) is 15.6. The van der Waals surface area contributed by atoms with Gasteiger partial charge in [0, 0.05) is 30.3 Å². The third kappa shape index (κ3) is 3.44. The Morgan fingerprint density at radius 1 is 1.38 bits per heavy atom. The predicted molar refractivity (Wildman–Crippen MR) is 80.4 cm³/mol. The van der Waals surface area contributed by atoms with E-state index in [2.05, 4.69) is 15.5 Å². The van der Waals surface area contributed by atoms with Crippen LogP contribution >= 0.6 is 0 Å². The lowest BCUT2D eigenvalue weighted by molar-refractivity contribution is -0.120. The number of carbonyl (C=O) groups excluding carboxylic acids is 1. The molecule has 2 heterocycles. The van der Waals surface area contributed by atoms with Gasteiger partial charge >= 0.3 is 0 Å². The van der Waals surface area contributed by atoms with Gasteiger partial charge in [0.2, 0.25) is 15.9 Å². The van der Waals surface area contributed by atoms with Crippen molar-refractivity contribution in [2.45, 2.75) is 33.6 Å². The molecule has 0 atom stereocenters. The Morgan fingerprint density at radius 3 is 2.48 bits per heavy atom. The predicted octanol–water partition coefficient (Wildman–Crippen LogP) is 1.03. The van der Waals surface area contributed by atoms with E-state index in [0.29, 0.717) is 31.7 Å². The average Bonchev–Trinajstić information content (AvgIpc) is 2.79. The van der Waals surface area contributed by atoms with Gasteiger partial charge in [0.05, 0.1) is 5.75 Å². The average molecular weight is 314 g/mol. The number of hydrogen-bond acceptors (Lipinski definition) is 4. The van der Waals surface area contributed by atoms with Crippen LogP contribution in [-0.2, 0) is 14.8 Å². The van der Waals surface area contributed by atoms with Crippen molar-refractivity contribution in [3.63, 3.8) is 0 Å². The number of H-pyrrole nitrogens is 1. The van der Waals surface area contributed by atoms with Crippen LogP contribution in [0.15, 0.2) is 0 Å². The highest BCUT2D eigenvalue weighted by Gasteiger charge is 2.30. The lowest BCUT2D eigenvalue weighted by Crippen LogP contribution is -2.42. The first kappa shape index (κ1) is 16.0. The number of amides is 1. The maximum absolute atomic E-state index is 12.2. The van der Waals surface area contributed by atoms with Gasteiger partial charge in [-0.15, -0.1) is 0 Å². The summed E-state index contributed by atoms with van der Waals surface area (Å²) in [5.41, 5.74) is 1.85. The highest BCUT2D eigenvalue weighted by molar-refractivity contribution is 7.89. The summed E-state index contributed by atoms with van der Waals surface area (Å²) in [5.74, 6) is 0.416. The molecule has 0 radical (unpaired) electrons. The van der Waals surface area contributed by atoms with Crippen LogP contribution in [0.5, 0.6) is 0 Å². The van der Waals surface area contributed by atoms with Crippen molar-refractivity contribution in [3.8, 4) is 0 Å². The van der Waals surface area contributed by atoms with Crippen LogP contribution in [0.2, 0.25) is 0 Å². The Labute approximate surface area is 125 Å². The van der Waals surface area contributed by atoms with Crippen molar-refractivity contribution in [1.29, 1.82) is 0 Å². The van der Waals surface area contributed by atoms with Gasteiger partial charge in [0.25, 0.3) is 0 Å². The Morgan fingerprint density at radius 2 is 2.00 bits per heavy atom. The van der Waals surface area contributed by atoms with E-state index in [4.69, 9.17) is 0 Å². The first-order valence-electron chi connectivity index (χ1n) is 7.15. The van der Waals surface area contributed by atoms with Crippen LogP contribution in [0, 0.1) is 19.8 Å². The van der Waals surface area contributed by atoms with Crippen LogP contribution in [0.4, 0.5) is 5.82 Å². The van der Waals surface area contributed by atoms with Crippen molar-refractivity contribution in [1.82, 2.24) is 14.5 Å². The van der Waals surface area contributed by atoms with Crippen LogP contribution in [0.1, 0.15) is 31.0 Å². The molecule has 1 fully saturated rings. The third-order valence-electron chi connectivity index (χ3n) is 4.08. The smallest absolute Gasteiger partial charge is 0.228 e. The molecule has 1 saturated heterocycles. The molecule has 2 N–H and O–H groups in total. The third-order valence-corrected chi connectivity index (χ3v) is 5.96. The number of aromatic amines is 1. The first-order chi connectivity index (χ1) is 9.85. The number of rotatable bonds is 4. The quantitative estimate of drug-likeness (QED) is 0.867. The summed E-state index contributed by atoms with van der Waals surface area (Å²) >= 11 is 0. The maximum atomic E-state index is 12.2. The van der Waals surface area contributed by atoms with Crippen molar-refractivity contribution in [2.75, 3.05) is 24.2 Å². The Bertz CT molecular complexity index is 615. The minimum atomic E-state index is -3.15. The molecule has 21 heavy (non-hydrogen) atoms. The van der Waals surface area contributed by atoms with E-state index in [1.54, 1.807) is 6.92 Å². The lowest BCUT2D eigenvalue weighted by atomic mass is 9.97. The summed E-state index contributed by atoms with van der Waals surface area (Å²) in [6, 6.07) is 0. The van der Waals surface area contributed by atoms with Crippen LogP contribution < -0.4 is 5.32 Å². The Hall–Kier alpha value is -1.41. The zero-order valence-corrected chi connectivity index (χ0v) is 13.5. The molecule has 0 saturated carbocycles. The number of aromatic nitrogens is 2. The van der Waals surface area contributed by atoms with Crippen molar-refractivity contribution < 1.29 is 13.2 Å². The molecule has 8 heteroatoms. The largest absolute Gasteiger partial charge is 0.309 e. The molecule has 7 nitrogen and oxygen atoms in total. The van der Waals surface area contributed by atoms with Gasteiger partial charge in [-0.2, -0.15) is 5.10 Å². The first-order valence-corrected chi connectivity index (χ1v) is 8.76. The second kappa shape index (κ2) is 6.15. The SMILES string of the molecule is CCS(=O)(=O)N1CCC(C(=O)Nc2n[nH]c(C)c2C)CC1. The second-order valence-electron chi connectivity index (χ2n) is 5.39. The normalized spacial score (nSPS) is 17.9. The van der Waals surface area contributed by atoms with E-state index < -0.39 is 10.0 Å². The minimum Gasteiger partial charge on any atom is -0.309 e. The summed E-state index contributed by atoms with van der Waals surface area (Å²) in [7, 11) is -3.15. The zero-order valence-electron chi connectivity index (χ0n) is 12.6. The van der Waals surface area contributed by atoms with Gasteiger partial charge in [-0.25, -0.2) is 12.7 Å². The molecule has 0 aliphatic carbocycles.